The number of nitro groups is 1. The molecular weight excluding hydrogens is 414 g/mol. The van der Waals surface area contributed by atoms with Gasteiger partial charge in [0.05, 0.1) is 31.2 Å². The monoisotopic (exact) mass is 441 g/mol. The Morgan fingerprint density at radius 3 is 2.19 bits per heavy atom. The molecule has 170 valence electrons. The summed E-state index contributed by atoms with van der Waals surface area (Å²) in [6.45, 7) is 4.71. The minimum absolute atomic E-state index is 0.0205. The molecule has 10 heteroatoms. The number of carbonyl (C=O) groups excluding carboxylic acids is 2. The van der Waals surface area contributed by atoms with E-state index >= 15 is 0 Å². The number of benzene rings is 2. The summed E-state index contributed by atoms with van der Waals surface area (Å²) in [6.07, 6.45) is 0. The first-order valence-electron chi connectivity index (χ1n) is 10.3. The molecule has 1 heterocycles. The molecule has 0 bridgehead atoms. The molecule has 0 radical (unpaired) electrons. The highest BCUT2D eigenvalue weighted by Crippen LogP contribution is 2.22. The first-order chi connectivity index (χ1) is 15.3. The maximum absolute atomic E-state index is 12.3. The van der Waals surface area contributed by atoms with Gasteiger partial charge >= 0.3 is 0 Å². The van der Waals surface area contributed by atoms with Gasteiger partial charge in [-0.25, -0.2) is 0 Å². The standard InChI is InChI=1S/C22H27N5O5/c1-16-3-4-18(13-20(16)27(30)31)24-22(29)15-25(2)14-21(28)23-17-5-7-19(8-6-17)26-9-11-32-12-10-26/h3-8,13H,9-12,14-15H2,1-2H3,(H,23,28)(H,24,29). The molecule has 1 aliphatic heterocycles. The van der Waals surface area contributed by atoms with Crippen molar-refractivity contribution in [3.05, 3.63) is 58.1 Å². The lowest BCUT2D eigenvalue weighted by molar-refractivity contribution is -0.385. The van der Waals surface area contributed by atoms with Crippen molar-refractivity contribution >= 4 is 34.6 Å². The molecule has 0 aliphatic carbocycles. The van der Waals surface area contributed by atoms with Crippen molar-refractivity contribution in [3.63, 3.8) is 0 Å². The van der Waals surface area contributed by atoms with Gasteiger partial charge in [-0.3, -0.25) is 24.6 Å². The number of aryl methyl sites for hydroxylation is 1. The van der Waals surface area contributed by atoms with Crippen molar-refractivity contribution in [1.29, 1.82) is 0 Å². The third-order valence-electron chi connectivity index (χ3n) is 5.04. The number of morpholine rings is 1. The van der Waals surface area contributed by atoms with E-state index < -0.39 is 4.92 Å². The number of likely N-dealkylation sites (N-methyl/N-ethyl adjacent to an activating group) is 1. The number of anilines is 3. The minimum Gasteiger partial charge on any atom is -0.378 e. The quantitative estimate of drug-likeness (QED) is 0.477. The van der Waals surface area contributed by atoms with Gasteiger partial charge in [-0.15, -0.1) is 0 Å². The molecule has 2 aromatic rings. The van der Waals surface area contributed by atoms with E-state index in [4.69, 9.17) is 4.74 Å². The third kappa shape index (κ3) is 6.50. The average Bonchev–Trinajstić information content (AvgIpc) is 2.75. The van der Waals surface area contributed by atoms with Gasteiger partial charge in [-0.2, -0.15) is 0 Å². The van der Waals surface area contributed by atoms with Gasteiger partial charge in [-0.1, -0.05) is 6.07 Å². The molecule has 1 saturated heterocycles. The number of amides is 2. The first-order valence-corrected chi connectivity index (χ1v) is 10.3. The van der Waals surface area contributed by atoms with Gasteiger partial charge < -0.3 is 20.3 Å². The average molecular weight is 441 g/mol. The van der Waals surface area contributed by atoms with Gasteiger partial charge in [0.25, 0.3) is 5.69 Å². The molecule has 1 aliphatic rings. The van der Waals surface area contributed by atoms with Gasteiger partial charge in [-0.05, 0) is 44.3 Å². The van der Waals surface area contributed by atoms with E-state index in [0.29, 0.717) is 30.2 Å². The summed E-state index contributed by atoms with van der Waals surface area (Å²) in [4.78, 5) is 38.9. The smallest absolute Gasteiger partial charge is 0.274 e. The van der Waals surface area contributed by atoms with Crippen LogP contribution in [-0.4, -0.2) is 68.1 Å². The number of ether oxygens (including phenoxy) is 1. The van der Waals surface area contributed by atoms with Crippen LogP contribution in [0.2, 0.25) is 0 Å². The minimum atomic E-state index is -0.491. The maximum atomic E-state index is 12.3. The van der Waals surface area contributed by atoms with Gasteiger partial charge in [0, 0.05) is 41.8 Å². The van der Waals surface area contributed by atoms with E-state index in [1.165, 1.54) is 6.07 Å². The summed E-state index contributed by atoms with van der Waals surface area (Å²) in [5.41, 5.74) is 2.55. The predicted molar refractivity (Wildman–Crippen MR) is 122 cm³/mol. The van der Waals surface area contributed by atoms with Crippen LogP contribution in [0.5, 0.6) is 0 Å². The second-order valence-electron chi connectivity index (χ2n) is 7.67. The van der Waals surface area contributed by atoms with Crippen molar-refractivity contribution in [2.45, 2.75) is 6.92 Å². The summed E-state index contributed by atoms with van der Waals surface area (Å²) in [5.74, 6) is -0.612. The van der Waals surface area contributed by atoms with E-state index in [-0.39, 0.29) is 30.6 Å². The fourth-order valence-electron chi connectivity index (χ4n) is 3.41. The molecule has 0 spiro atoms. The predicted octanol–water partition coefficient (Wildman–Crippen LogP) is 2.25. The van der Waals surface area contributed by atoms with Crippen LogP contribution < -0.4 is 15.5 Å². The van der Waals surface area contributed by atoms with E-state index in [1.807, 2.05) is 24.3 Å². The van der Waals surface area contributed by atoms with Crippen molar-refractivity contribution in [2.24, 2.45) is 0 Å². The number of hydrogen-bond acceptors (Lipinski definition) is 7. The summed E-state index contributed by atoms with van der Waals surface area (Å²) in [6, 6.07) is 12.1. The number of rotatable bonds is 8. The molecule has 2 aromatic carbocycles. The Hall–Kier alpha value is -3.50. The SMILES string of the molecule is Cc1ccc(NC(=O)CN(C)CC(=O)Nc2ccc(N3CCOCC3)cc2)cc1[N+](=O)[O-]. The van der Waals surface area contributed by atoms with E-state index in [0.717, 1.165) is 18.8 Å². The van der Waals surface area contributed by atoms with Crippen molar-refractivity contribution in [1.82, 2.24) is 4.90 Å². The molecule has 0 aromatic heterocycles. The molecule has 32 heavy (non-hydrogen) atoms. The highest BCUT2D eigenvalue weighted by atomic mass is 16.6. The Bertz CT molecular complexity index is 973. The number of carbonyl (C=O) groups is 2. The molecule has 0 saturated carbocycles. The molecule has 2 amide bonds. The number of hydrogen-bond donors (Lipinski definition) is 2. The lowest BCUT2D eigenvalue weighted by Crippen LogP contribution is -2.36. The van der Waals surface area contributed by atoms with Crippen molar-refractivity contribution in [3.8, 4) is 0 Å². The summed E-state index contributed by atoms with van der Waals surface area (Å²) in [5, 5.41) is 16.5. The molecule has 2 N–H and O–H groups in total. The Kier molecular flexibility index (Phi) is 7.74. The van der Waals surface area contributed by atoms with E-state index in [9.17, 15) is 19.7 Å². The third-order valence-corrected chi connectivity index (χ3v) is 5.04. The fourth-order valence-corrected chi connectivity index (χ4v) is 3.41. The van der Waals surface area contributed by atoms with Crippen LogP contribution in [0.25, 0.3) is 0 Å². The van der Waals surface area contributed by atoms with Crippen LogP contribution >= 0.6 is 0 Å². The van der Waals surface area contributed by atoms with Crippen molar-refractivity contribution in [2.75, 3.05) is 62.0 Å². The lowest BCUT2D eigenvalue weighted by atomic mass is 10.2. The van der Waals surface area contributed by atoms with Gasteiger partial charge in [0.2, 0.25) is 11.8 Å². The van der Waals surface area contributed by atoms with E-state index in [1.54, 1.807) is 31.0 Å². The zero-order valence-electron chi connectivity index (χ0n) is 18.2. The largest absolute Gasteiger partial charge is 0.378 e. The molecule has 10 nitrogen and oxygen atoms in total. The number of nitrogens with zero attached hydrogens (tertiary/aromatic N) is 3. The van der Waals surface area contributed by atoms with Crippen LogP contribution in [0.3, 0.4) is 0 Å². The highest BCUT2D eigenvalue weighted by molar-refractivity contribution is 5.95. The van der Waals surface area contributed by atoms with Crippen LogP contribution in [0.15, 0.2) is 42.5 Å². The Balaban J connectivity index is 1.46. The highest BCUT2D eigenvalue weighted by Gasteiger charge is 2.15. The van der Waals surface area contributed by atoms with Crippen LogP contribution in [0, 0.1) is 17.0 Å². The molecule has 3 rings (SSSR count). The fraction of sp³-hybridized carbons (Fsp3) is 0.364. The molecular formula is C22H27N5O5. The summed E-state index contributed by atoms with van der Waals surface area (Å²) >= 11 is 0. The topological polar surface area (TPSA) is 117 Å². The number of nitro benzene ring substituents is 1. The zero-order chi connectivity index (χ0) is 23.1. The maximum Gasteiger partial charge on any atom is 0.274 e. The second kappa shape index (κ2) is 10.7. The van der Waals surface area contributed by atoms with Crippen LogP contribution in [-0.2, 0) is 14.3 Å². The summed E-state index contributed by atoms with van der Waals surface area (Å²) in [7, 11) is 1.65. The van der Waals surface area contributed by atoms with Crippen LogP contribution in [0.4, 0.5) is 22.7 Å². The molecule has 0 unspecified atom stereocenters. The van der Waals surface area contributed by atoms with Gasteiger partial charge in [0.15, 0.2) is 0 Å². The Morgan fingerprint density at radius 1 is 1.03 bits per heavy atom. The first kappa shape index (κ1) is 23.2. The second-order valence-corrected chi connectivity index (χ2v) is 7.67. The van der Waals surface area contributed by atoms with Crippen LogP contribution in [0.1, 0.15) is 5.56 Å². The lowest BCUT2D eigenvalue weighted by Gasteiger charge is -2.28. The van der Waals surface area contributed by atoms with Gasteiger partial charge in [0.1, 0.15) is 0 Å². The summed E-state index contributed by atoms with van der Waals surface area (Å²) < 4.78 is 5.36. The molecule has 0 atom stereocenters. The van der Waals surface area contributed by atoms with E-state index in [2.05, 4.69) is 15.5 Å². The normalized spacial score (nSPS) is 13.7. The molecule has 1 fully saturated rings. The zero-order valence-corrected chi connectivity index (χ0v) is 18.2. The Morgan fingerprint density at radius 2 is 1.59 bits per heavy atom. The number of nitrogens with one attached hydrogen (secondary N) is 2. The van der Waals surface area contributed by atoms with Crippen molar-refractivity contribution < 1.29 is 19.2 Å². The Labute approximate surface area is 186 Å².